The maximum absolute atomic E-state index is 12.5. The highest BCUT2D eigenvalue weighted by molar-refractivity contribution is 6.01. The smallest absolute Gasteiger partial charge is 0.320 e. The predicted octanol–water partition coefficient (Wildman–Crippen LogP) is 1.93. The lowest BCUT2D eigenvalue weighted by atomic mass is 10.2. The summed E-state index contributed by atoms with van der Waals surface area (Å²) in [5.74, 6) is 1.03. The molecule has 1 amide bonds. The van der Waals surface area contributed by atoms with Crippen molar-refractivity contribution in [3.8, 4) is 6.01 Å². The number of fused-ring (bicyclic) bond motifs is 1. The van der Waals surface area contributed by atoms with E-state index in [0.717, 1.165) is 57.5 Å². The van der Waals surface area contributed by atoms with E-state index in [0.29, 0.717) is 24.2 Å². The molecule has 2 N–H and O–H groups in total. The molecular weight excluding hydrogens is 368 g/mol. The van der Waals surface area contributed by atoms with Gasteiger partial charge in [0.05, 0.1) is 12.5 Å². The summed E-state index contributed by atoms with van der Waals surface area (Å²) < 4.78 is 5.73. The summed E-state index contributed by atoms with van der Waals surface area (Å²) in [5.41, 5.74) is 6.81. The van der Waals surface area contributed by atoms with Crippen LogP contribution in [-0.2, 0) is 11.2 Å². The zero-order chi connectivity index (χ0) is 21.0. The van der Waals surface area contributed by atoms with Gasteiger partial charge in [0.25, 0.3) is 0 Å². The molecule has 0 saturated carbocycles. The largest absolute Gasteiger partial charge is 0.460 e. The summed E-state index contributed by atoms with van der Waals surface area (Å²) in [7, 11) is 0. The number of nitrogens with zero attached hydrogens (tertiary/aromatic N) is 5. The Labute approximate surface area is 174 Å². The number of carbonyl (C=O) groups excluding carboxylic acids is 1. The molecule has 1 saturated heterocycles. The molecule has 1 aromatic heterocycles. The maximum Gasteiger partial charge on any atom is 0.320 e. The Morgan fingerprint density at radius 1 is 1.07 bits per heavy atom. The molecule has 2 aliphatic rings. The SMILES string of the molecule is CC[C@H](C)Oc1nc(N)c2c(n1)N(CCCCN1CCN(C(C)C)CC1)C(=O)C2. The predicted molar refractivity (Wildman–Crippen MR) is 115 cm³/mol. The van der Waals surface area contributed by atoms with Gasteiger partial charge in [-0.25, -0.2) is 0 Å². The van der Waals surface area contributed by atoms with Crippen LogP contribution in [0.2, 0.25) is 0 Å². The lowest BCUT2D eigenvalue weighted by Gasteiger charge is -2.37. The van der Waals surface area contributed by atoms with Crippen LogP contribution in [0.4, 0.5) is 11.6 Å². The minimum atomic E-state index is 0.00849. The first-order valence-electron chi connectivity index (χ1n) is 11.0. The van der Waals surface area contributed by atoms with Crippen molar-refractivity contribution in [1.82, 2.24) is 19.8 Å². The molecule has 0 aromatic carbocycles. The summed E-state index contributed by atoms with van der Waals surface area (Å²) >= 11 is 0. The van der Waals surface area contributed by atoms with Crippen molar-refractivity contribution < 1.29 is 9.53 Å². The van der Waals surface area contributed by atoms with Gasteiger partial charge >= 0.3 is 6.01 Å². The molecule has 3 heterocycles. The Balaban J connectivity index is 1.51. The van der Waals surface area contributed by atoms with Crippen molar-refractivity contribution in [2.45, 2.75) is 65.5 Å². The van der Waals surface area contributed by atoms with Crippen molar-refractivity contribution in [3.63, 3.8) is 0 Å². The lowest BCUT2D eigenvalue weighted by molar-refractivity contribution is -0.117. The van der Waals surface area contributed by atoms with E-state index in [1.807, 2.05) is 13.8 Å². The van der Waals surface area contributed by atoms with Crippen LogP contribution in [0.5, 0.6) is 6.01 Å². The molecule has 0 unspecified atom stereocenters. The number of amides is 1. The molecule has 0 bridgehead atoms. The molecule has 0 spiro atoms. The lowest BCUT2D eigenvalue weighted by Crippen LogP contribution is -2.49. The Hall–Kier alpha value is -1.93. The van der Waals surface area contributed by atoms with E-state index in [4.69, 9.17) is 10.5 Å². The van der Waals surface area contributed by atoms with Crippen molar-refractivity contribution in [3.05, 3.63) is 5.56 Å². The molecule has 3 rings (SSSR count). The van der Waals surface area contributed by atoms with E-state index in [1.165, 1.54) is 0 Å². The molecule has 8 nitrogen and oxygen atoms in total. The van der Waals surface area contributed by atoms with Crippen LogP contribution in [0.1, 0.15) is 52.5 Å². The van der Waals surface area contributed by atoms with Gasteiger partial charge in [0.1, 0.15) is 11.6 Å². The quantitative estimate of drug-likeness (QED) is 0.629. The van der Waals surface area contributed by atoms with Gasteiger partial charge < -0.3 is 15.4 Å². The fourth-order valence-corrected chi connectivity index (χ4v) is 3.88. The number of unbranched alkanes of at least 4 members (excludes halogenated alkanes) is 1. The minimum Gasteiger partial charge on any atom is -0.460 e. The number of nitrogen functional groups attached to an aromatic ring is 1. The number of piperazine rings is 1. The molecule has 162 valence electrons. The number of ether oxygens (including phenoxy) is 1. The van der Waals surface area contributed by atoms with E-state index < -0.39 is 0 Å². The Bertz CT molecular complexity index is 703. The molecule has 29 heavy (non-hydrogen) atoms. The highest BCUT2D eigenvalue weighted by atomic mass is 16.5. The normalized spacial score (nSPS) is 19.1. The summed E-state index contributed by atoms with van der Waals surface area (Å²) in [6.07, 6.45) is 3.16. The average Bonchev–Trinajstić information content (AvgIpc) is 3.01. The van der Waals surface area contributed by atoms with Crippen LogP contribution in [0.15, 0.2) is 0 Å². The molecule has 1 atom stereocenters. The first-order chi connectivity index (χ1) is 13.9. The third kappa shape index (κ3) is 5.36. The van der Waals surface area contributed by atoms with Gasteiger partial charge in [0.15, 0.2) is 0 Å². The molecule has 1 aromatic rings. The Kier molecular flexibility index (Phi) is 7.29. The van der Waals surface area contributed by atoms with Crippen molar-refractivity contribution in [1.29, 1.82) is 0 Å². The monoisotopic (exact) mass is 404 g/mol. The van der Waals surface area contributed by atoms with Crippen LogP contribution in [0, 0.1) is 0 Å². The van der Waals surface area contributed by atoms with Gasteiger partial charge in [-0.3, -0.25) is 14.6 Å². The van der Waals surface area contributed by atoms with Gasteiger partial charge in [-0.2, -0.15) is 9.97 Å². The Morgan fingerprint density at radius 3 is 2.41 bits per heavy atom. The fourth-order valence-electron chi connectivity index (χ4n) is 3.88. The first kappa shape index (κ1) is 21.8. The van der Waals surface area contributed by atoms with Crippen molar-refractivity contribution in [2.75, 3.05) is 49.9 Å². The molecular formula is C21H36N6O2. The van der Waals surface area contributed by atoms with Crippen molar-refractivity contribution in [2.24, 2.45) is 0 Å². The Morgan fingerprint density at radius 2 is 1.76 bits per heavy atom. The van der Waals surface area contributed by atoms with Crippen LogP contribution < -0.4 is 15.4 Å². The van der Waals surface area contributed by atoms with E-state index >= 15 is 0 Å². The van der Waals surface area contributed by atoms with E-state index in [2.05, 4.69) is 33.6 Å². The van der Waals surface area contributed by atoms with Gasteiger partial charge in [-0.15, -0.1) is 0 Å². The number of hydrogen-bond acceptors (Lipinski definition) is 7. The fraction of sp³-hybridized carbons (Fsp3) is 0.762. The third-order valence-electron chi connectivity index (χ3n) is 6.01. The van der Waals surface area contributed by atoms with Crippen LogP contribution >= 0.6 is 0 Å². The second-order valence-electron chi connectivity index (χ2n) is 8.43. The topological polar surface area (TPSA) is 87.8 Å². The average molecular weight is 405 g/mol. The molecule has 1 fully saturated rings. The summed E-state index contributed by atoms with van der Waals surface area (Å²) in [4.78, 5) is 28.1. The minimum absolute atomic E-state index is 0.00849. The van der Waals surface area contributed by atoms with Gasteiger partial charge in [-0.1, -0.05) is 6.92 Å². The van der Waals surface area contributed by atoms with E-state index in [9.17, 15) is 4.79 Å². The molecule has 0 radical (unpaired) electrons. The van der Waals surface area contributed by atoms with Gasteiger partial charge in [-0.05, 0) is 46.6 Å². The number of carbonyl (C=O) groups is 1. The number of nitrogens with two attached hydrogens (primary N) is 1. The van der Waals surface area contributed by atoms with Crippen molar-refractivity contribution >= 4 is 17.5 Å². The maximum atomic E-state index is 12.5. The van der Waals surface area contributed by atoms with E-state index in [-0.39, 0.29) is 24.4 Å². The van der Waals surface area contributed by atoms with Gasteiger partial charge in [0.2, 0.25) is 5.91 Å². The number of hydrogen-bond donors (Lipinski definition) is 1. The second-order valence-corrected chi connectivity index (χ2v) is 8.43. The summed E-state index contributed by atoms with van der Waals surface area (Å²) in [6.45, 7) is 14.8. The van der Waals surface area contributed by atoms with Gasteiger partial charge in [0, 0.05) is 44.3 Å². The van der Waals surface area contributed by atoms with E-state index in [1.54, 1.807) is 4.90 Å². The summed E-state index contributed by atoms with van der Waals surface area (Å²) in [5, 5.41) is 0. The van der Waals surface area contributed by atoms with Crippen LogP contribution in [-0.4, -0.2) is 77.1 Å². The second kappa shape index (κ2) is 9.71. The standard InChI is InChI=1S/C21H36N6O2/c1-5-16(4)29-21-23-19(22)17-14-18(28)27(20(17)24-21)9-7-6-8-25-10-12-26(13-11-25)15(2)3/h15-16H,5-14H2,1-4H3,(H2,22,23,24)/t16-/m0/s1. The summed E-state index contributed by atoms with van der Waals surface area (Å²) in [6, 6.07) is 0.889. The first-order valence-corrected chi connectivity index (χ1v) is 11.0. The number of anilines is 2. The number of aromatic nitrogens is 2. The number of rotatable bonds is 9. The highest BCUT2D eigenvalue weighted by Crippen LogP contribution is 2.32. The highest BCUT2D eigenvalue weighted by Gasteiger charge is 2.32. The molecule has 2 aliphatic heterocycles. The zero-order valence-corrected chi connectivity index (χ0v) is 18.4. The molecule has 0 aliphatic carbocycles. The third-order valence-corrected chi connectivity index (χ3v) is 6.01. The van der Waals surface area contributed by atoms with Crippen LogP contribution in [0.25, 0.3) is 0 Å². The zero-order valence-electron chi connectivity index (χ0n) is 18.4. The van der Waals surface area contributed by atoms with Crippen LogP contribution in [0.3, 0.4) is 0 Å². The molecule has 8 heteroatoms.